The molecule has 2 aromatic rings. The summed E-state index contributed by atoms with van der Waals surface area (Å²) in [6, 6.07) is 4.86. The third-order valence-corrected chi connectivity index (χ3v) is 3.04. The number of carbonyl (C=O) groups is 1. The van der Waals surface area contributed by atoms with E-state index in [1.807, 2.05) is 0 Å². The van der Waals surface area contributed by atoms with Crippen molar-refractivity contribution in [3.05, 3.63) is 53.9 Å². The van der Waals surface area contributed by atoms with Gasteiger partial charge in [-0.05, 0) is 24.6 Å². The maximum absolute atomic E-state index is 13.1. The molecule has 6 heteroatoms. The van der Waals surface area contributed by atoms with Crippen molar-refractivity contribution >= 4 is 17.3 Å². The van der Waals surface area contributed by atoms with Gasteiger partial charge in [0.2, 0.25) is 0 Å². The Hall–Kier alpha value is -2.50. The molecule has 0 aliphatic carbocycles. The van der Waals surface area contributed by atoms with E-state index in [-0.39, 0.29) is 5.69 Å². The molecule has 1 aromatic heterocycles. The predicted molar refractivity (Wildman–Crippen MR) is 81.9 cm³/mol. The van der Waals surface area contributed by atoms with Crippen LogP contribution in [0.15, 0.2) is 36.7 Å². The fourth-order valence-electron chi connectivity index (χ4n) is 1.85. The van der Waals surface area contributed by atoms with Crippen LogP contribution in [0.5, 0.6) is 0 Å². The molecule has 4 nitrogen and oxygen atoms in total. The highest BCUT2D eigenvalue weighted by Crippen LogP contribution is 2.15. The summed E-state index contributed by atoms with van der Waals surface area (Å²) in [5.41, 5.74) is 1.27. The van der Waals surface area contributed by atoms with Gasteiger partial charge in [-0.15, -0.1) is 0 Å². The number of rotatable bonds is 6. The van der Waals surface area contributed by atoms with Crippen LogP contribution in [0, 0.1) is 11.6 Å². The van der Waals surface area contributed by atoms with Crippen molar-refractivity contribution in [2.75, 3.05) is 17.2 Å². The second-order valence-corrected chi connectivity index (χ2v) is 4.83. The summed E-state index contributed by atoms with van der Waals surface area (Å²) in [5, 5.41) is 5.68. The van der Waals surface area contributed by atoms with Crippen molar-refractivity contribution in [2.24, 2.45) is 0 Å². The zero-order valence-electron chi connectivity index (χ0n) is 12.2. The molecule has 0 aliphatic heterocycles. The lowest BCUT2D eigenvalue weighted by molar-refractivity contribution is 0.102. The first-order valence-electron chi connectivity index (χ1n) is 7.05. The van der Waals surface area contributed by atoms with E-state index in [4.69, 9.17) is 0 Å². The first kappa shape index (κ1) is 15.9. The SMILES string of the molecule is CCCCNc1cncc(C(=O)Nc2ccc(F)c(F)c2)c1. The second kappa shape index (κ2) is 7.49. The van der Waals surface area contributed by atoms with Crippen LogP contribution >= 0.6 is 0 Å². The molecular weight excluding hydrogens is 288 g/mol. The molecule has 0 spiro atoms. The third-order valence-electron chi connectivity index (χ3n) is 3.04. The standard InChI is InChI=1S/C16H17F2N3O/c1-2-3-6-20-13-7-11(9-19-10-13)16(22)21-12-4-5-14(17)15(18)8-12/h4-5,7-10,20H,2-3,6H2,1H3,(H,21,22). The number of hydrogen-bond donors (Lipinski definition) is 2. The van der Waals surface area contributed by atoms with E-state index in [0.29, 0.717) is 5.56 Å². The molecule has 0 saturated carbocycles. The normalized spacial score (nSPS) is 10.3. The van der Waals surface area contributed by atoms with Crippen molar-refractivity contribution in [1.82, 2.24) is 4.98 Å². The van der Waals surface area contributed by atoms with Crippen molar-refractivity contribution in [3.63, 3.8) is 0 Å². The average Bonchev–Trinajstić information content (AvgIpc) is 2.51. The first-order chi connectivity index (χ1) is 10.6. The number of benzene rings is 1. The number of pyridine rings is 1. The fourth-order valence-corrected chi connectivity index (χ4v) is 1.85. The maximum atomic E-state index is 13.1. The lowest BCUT2D eigenvalue weighted by Gasteiger charge is -2.08. The molecule has 0 bridgehead atoms. The number of nitrogens with one attached hydrogen (secondary N) is 2. The maximum Gasteiger partial charge on any atom is 0.257 e. The smallest absolute Gasteiger partial charge is 0.257 e. The molecule has 0 atom stereocenters. The Labute approximate surface area is 127 Å². The van der Waals surface area contributed by atoms with E-state index in [9.17, 15) is 13.6 Å². The van der Waals surface area contributed by atoms with Crippen LogP contribution in [0.4, 0.5) is 20.2 Å². The van der Waals surface area contributed by atoms with Gasteiger partial charge >= 0.3 is 0 Å². The molecule has 2 rings (SSSR count). The zero-order chi connectivity index (χ0) is 15.9. The topological polar surface area (TPSA) is 54.0 Å². The van der Waals surface area contributed by atoms with Gasteiger partial charge in [0.25, 0.3) is 5.91 Å². The van der Waals surface area contributed by atoms with Crippen LogP contribution in [0.2, 0.25) is 0 Å². The van der Waals surface area contributed by atoms with Gasteiger partial charge in [-0.25, -0.2) is 8.78 Å². The molecule has 1 aromatic carbocycles. The van der Waals surface area contributed by atoms with Crippen LogP contribution in [0.3, 0.4) is 0 Å². The van der Waals surface area contributed by atoms with Gasteiger partial charge in [0.15, 0.2) is 11.6 Å². The molecule has 22 heavy (non-hydrogen) atoms. The Balaban J connectivity index is 2.05. The van der Waals surface area contributed by atoms with Crippen molar-refractivity contribution in [1.29, 1.82) is 0 Å². The quantitative estimate of drug-likeness (QED) is 0.798. The second-order valence-electron chi connectivity index (χ2n) is 4.83. The molecule has 2 N–H and O–H groups in total. The van der Waals surface area contributed by atoms with Crippen LogP contribution in [0.1, 0.15) is 30.1 Å². The first-order valence-corrected chi connectivity index (χ1v) is 7.05. The summed E-state index contributed by atoms with van der Waals surface area (Å²) < 4.78 is 26.0. The van der Waals surface area contributed by atoms with Gasteiger partial charge in [0.1, 0.15) is 0 Å². The van der Waals surface area contributed by atoms with Gasteiger partial charge in [-0.1, -0.05) is 13.3 Å². The molecule has 0 aliphatic rings. The van der Waals surface area contributed by atoms with Gasteiger partial charge in [0, 0.05) is 30.7 Å². The lowest BCUT2D eigenvalue weighted by atomic mass is 10.2. The zero-order valence-corrected chi connectivity index (χ0v) is 12.2. The molecule has 1 amide bonds. The Morgan fingerprint density at radius 3 is 2.68 bits per heavy atom. The number of anilines is 2. The summed E-state index contributed by atoms with van der Waals surface area (Å²) in [7, 11) is 0. The monoisotopic (exact) mass is 305 g/mol. The fraction of sp³-hybridized carbons (Fsp3) is 0.250. The molecular formula is C16H17F2N3O. The molecule has 1 heterocycles. The molecule has 0 unspecified atom stereocenters. The minimum absolute atomic E-state index is 0.188. The lowest BCUT2D eigenvalue weighted by Crippen LogP contribution is -2.13. The Kier molecular flexibility index (Phi) is 5.41. The van der Waals surface area contributed by atoms with Crippen LogP contribution < -0.4 is 10.6 Å². The predicted octanol–water partition coefficient (Wildman–Crippen LogP) is 3.82. The van der Waals surface area contributed by atoms with Gasteiger partial charge in [0.05, 0.1) is 11.3 Å². The summed E-state index contributed by atoms with van der Waals surface area (Å²) >= 11 is 0. The minimum atomic E-state index is -1.01. The number of amides is 1. The highest BCUT2D eigenvalue weighted by Gasteiger charge is 2.09. The van der Waals surface area contributed by atoms with E-state index in [2.05, 4.69) is 22.5 Å². The number of hydrogen-bond acceptors (Lipinski definition) is 3. The largest absolute Gasteiger partial charge is 0.384 e. The Bertz CT molecular complexity index is 662. The van der Waals surface area contributed by atoms with Crippen molar-refractivity contribution < 1.29 is 13.6 Å². The Morgan fingerprint density at radius 2 is 1.95 bits per heavy atom. The average molecular weight is 305 g/mol. The summed E-state index contributed by atoms with van der Waals surface area (Å²) in [5.74, 6) is -2.40. The highest BCUT2D eigenvalue weighted by atomic mass is 19.2. The van der Waals surface area contributed by atoms with Crippen molar-refractivity contribution in [2.45, 2.75) is 19.8 Å². The van der Waals surface area contributed by atoms with Gasteiger partial charge in [-0.2, -0.15) is 0 Å². The Morgan fingerprint density at radius 1 is 1.14 bits per heavy atom. The molecule has 0 saturated heterocycles. The van der Waals surface area contributed by atoms with Gasteiger partial charge < -0.3 is 10.6 Å². The van der Waals surface area contributed by atoms with E-state index in [1.54, 1.807) is 12.3 Å². The number of carbonyl (C=O) groups excluding carboxylic acids is 1. The summed E-state index contributed by atoms with van der Waals surface area (Å²) in [6.45, 7) is 2.89. The summed E-state index contributed by atoms with van der Waals surface area (Å²) in [4.78, 5) is 16.1. The molecule has 0 radical (unpaired) electrons. The van der Waals surface area contributed by atoms with Crippen LogP contribution in [-0.2, 0) is 0 Å². The number of unbranched alkanes of at least 4 members (excludes halogenated alkanes) is 1. The minimum Gasteiger partial charge on any atom is -0.384 e. The third kappa shape index (κ3) is 4.25. The van der Waals surface area contributed by atoms with Crippen LogP contribution in [0.25, 0.3) is 0 Å². The van der Waals surface area contributed by atoms with E-state index in [1.165, 1.54) is 12.3 Å². The molecule has 116 valence electrons. The van der Waals surface area contributed by atoms with Crippen LogP contribution in [-0.4, -0.2) is 17.4 Å². The van der Waals surface area contributed by atoms with E-state index in [0.717, 1.165) is 37.2 Å². The van der Waals surface area contributed by atoms with E-state index < -0.39 is 17.5 Å². The number of aromatic nitrogens is 1. The number of nitrogens with zero attached hydrogens (tertiary/aromatic N) is 1. The summed E-state index contributed by atoms with van der Waals surface area (Å²) in [6.07, 6.45) is 5.13. The number of halogens is 2. The highest BCUT2D eigenvalue weighted by molar-refractivity contribution is 6.04. The van der Waals surface area contributed by atoms with Gasteiger partial charge in [-0.3, -0.25) is 9.78 Å². The molecule has 0 fully saturated rings. The van der Waals surface area contributed by atoms with E-state index >= 15 is 0 Å². The van der Waals surface area contributed by atoms with Crippen molar-refractivity contribution in [3.8, 4) is 0 Å².